The lowest BCUT2D eigenvalue weighted by Gasteiger charge is -2.06. The lowest BCUT2D eigenvalue weighted by Crippen LogP contribution is -2.11. The quantitative estimate of drug-likeness (QED) is 0.612. The van der Waals surface area contributed by atoms with Crippen LogP contribution in [0.3, 0.4) is 0 Å². The van der Waals surface area contributed by atoms with Crippen molar-refractivity contribution < 1.29 is 19.8 Å². The number of rotatable bonds is 9. The van der Waals surface area contributed by atoms with Gasteiger partial charge >= 0.3 is 11.9 Å². The SMILES string of the molecule is CCCC=C(CC)C(=O)O.CCCCC(CC)C(=O)O. The van der Waals surface area contributed by atoms with E-state index in [0.717, 1.165) is 38.5 Å². The molecule has 0 aromatic carbocycles. The fraction of sp³-hybridized carbons (Fsp3) is 0.750. The molecule has 0 saturated heterocycles. The van der Waals surface area contributed by atoms with Crippen molar-refractivity contribution in [1.29, 1.82) is 0 Å². The molecule has 0 fully saturated rings. The van der Waals surface area contributed by atoms with E-state index in [2.05, 4.69) is 6.92 Å². The molecule has 0 saturated carbocycles. The van der Waals surface area contributed by atoms with Gasteiger partial charge in [0.1, 0.15) is 0 Å². The monoisotopic (exact) mass is 286 g/mol. The van der Waals surface area contributed by atoms with Gasteiger partial charge in [0.25, 0.3) is 0 Å². The number of carbonyl (C=O) groups is 2. The van der Waals surface area contributed by atoms with Crippen LogP contribution in [0.4, 0.5) is 0 Å². The van der Waals surface area contributed by atoms with Crippen LogP contribution >= 0.6 is 0 Å². The largest absolute Gasteiger partial charge is 0.481 e. The van der Waals surface area contributed by atoms with E-state index in [1.54, 1.807) is 6.08 Å². The number of unbranched alkanes of at least 4 members (excludes halogenated alkanes) is 2. The topological polar surface area (TPSA) is 74.6 Å². The minimum atomic E-state index is -0.782. The van der Waals surface area contributed by atoms with Gasteiger partial charge in [0.05, 0.1) is 5.92 Å². The highest BCUT2D eigenvalue weighted by atomic mass is 16.4. The average molecular weight is 286 g/mol. The third kappa shape index (κ3) is 11.8. The normalized spacial score (nSPS) is 12.3. The molecule has 0 aliphatic rings. The molecule has 0 heterocycles. The maximum absolute atomic E-state index is 10.4. The van der Waals surface area contributed by atoms with E-state index in [-0.39, 0.29) is 5.92 Å². The van der Waals surface area contributed by atoms with Crippen LogP contribution in [-0.2, 0) is 9.59 Å². The lowest BCUT2D eigenvalue weighted by atomic mass is 10.00. The van der Waals surface area contributed by atoms with Gasteiger partial charge < -0.3 is 10.2 Å². The summed E-state index contributed by atoms with van der Waals surface area (Å²) in [5.41, 5.74) is 0.529. The summed E-state index contributed by atoms with van der Waals surface area (Å²) in [6, 6.07) is 0. The van der Waals surface area contributed by atoms with Gasteiger partial charge in [0.2, 0.25) is 0 Å². The van der Waals surface area contributed by atoms with Crippen molar-refractivity contribution in [3.05, 3.63) is 11.6 Å². The summed E-state index contributed by atoms with van der Waals surface area (Å²) < 4.78 is 0. The summed E-state index contributed by atoms with van der Waals surface area (Å²) in [6.07, 6.45) is 8.01. The Bertz CT molecular complexity index is 295. The van der Waals surface area contributed by atoms with Crippen molar-refractivity contribution in [3.8, 4) is 0 Å². The van der Waals surface area contributed by atoms with Crippen LogP contribution in [0.5, 0.6) is 0 Å². The van der Waals surface area contributed by atoms with Gasteiger partial charge in [0.15, 0.2) is 0 Å². The van der Waals surface area contributed by atoms with Gasteiger partial charge in [-0.1, -0.05) is 53.0 Å². The first-order chi connectivity index (χ1) is 9.44. The zero-order chi connectivity index (χ0) is 16.0. The molecule has 0 aromatic rings. The average Bonchev–Trinajstić information content (AvgIpc) is 2.40. The van der Waals surface area contributed by atoms with E-state index >= 15 is 0 Å². The number of allylic oxidation sites excluding steroid dienone is 1. The molecule has 0 spiro atoms. The molecule has 2 N–H and O–H groups in total. The van der Waals surface area contributed by atoms with Crippen molar-refractivity contribution in [2.75, 3.05) is 0 Å². The number of aliphatic carboxylic acids is 2. The third-order valence-corrected chi connectivity index (χ3v) is 3.08. The predicted octanol–water partition coefficient (Wildman–Crippen LogP) is 4.49. The number of hydrogen-bond donors (Lipinski definition) is 2. The van der Waals surface area contributed by atoms with E-state index in [1.165, 1.54) is 0 Å². The Morgan fingerprint density at radius 3 is 1.95 bits per heavy atom. The smallest absolute Gasteiger partial charge is 0.331 e. The van der Waals surface area contributed by atoms with Gasteiger partial charge in [-0.05, 0) is 25.7 Å². The second-order valence-corrected chi connectivity index (χ2v) is 4.76. The molecule has 1 unspecified atom stereocenters. The highest BCUT2D eigenvalue weighted by Crippen LogP contribution is 2.11. The zero-order valence-corrected chi connectivity index (χ0v) is 13.3. The molecular weight excluding hydrogens is 256 g/mol. The van der Waals surface area contributed by atoms with Crippen molar-refractivity contribution in [2.24, 2.45) is 5.92 Å². The van der Waals surface area contributed by atoms with Gasteiger partial charge in [-0.25, -0.2) is 4.79 Å². The number of hydrogen-bond acceptors (Lipinski definition) is 2. The molecule has 4 heteroatoms. The molecule has 0 aromatic heterocycles. The third-order valence-electron chi connectivity index (χ3n) is 3.08. The Morgan fingerprint density at radius 1 is 1.05 bits per heavy atom. The Kier molecular flexibility index (Phi) is 14.8. The Balaban J connectivity index is 0. The highest BCUT2D eigenvalue weighted by Gasteiger charge is 2.12. The van der Waals surface area contributed by atoms with Crippen molar-refractivity contribution in [2.45, 2.75) is 72.6 Å². The van der Waals surface area contributed by atoms with Crippen molar-refractivity contribution in [3.63, 3.8) is 0 Å². The summed E-state index contributed by atoms with van der Waals surface area (Å²) >= 11 is 0. The van der Waals surface area contributed by atoms with Crippen LogP contribution in [0.1, 0.15) is 72.6 Å². The molecule has 0 rings (SSSR count). The maximum atomic E-state index is 10.4. The zero-order valence-electron chi connectivity index (χ0n) is 13.3. The fourth-order valence-corrected chi connectivity index (χ4v) is 1.65. The fourth-order valence-electron chi connectivity index (χ4n) is 1.65. The second-order valence-electron chi connectivity index (χ2n) is 4.76. The van der Waals surface area contributed by atoms with Crippen LogP contribution in [0, 0.1) is 5.92 Å². The lowest BCUT2D eigenvalue weighted by molar-refractivity contribution is -0.142. The van der Waals surface area contributed by atoms with Crippen molar-refractivity contribution >= 4 is 11.9 Å². The molecule has 0 aliphatic heterocycles. The van der Waals surface area contributed by atoms with E-state index in [4.69, 9.17) is 10.2 Å². The molecule has 0 bridgehead atoms. The molecule has 4 nitrogen and oxygen atoms in total. The van der Waals surface area contributed by atoms with Crippen LogP contribution < -0.4 is 0 Å². The first kappa shape index (κ1) is 21.0. The van der Waals surface area contributed by atoms with Crippen molar-refractivity contribution in [1.82, 2.24) is 0 Å². The molecule has 0 amide bonds. The second kappa shape index (κ2) is 14.1. The Morgan fingerprint density at radius 2 is 1.65 bits per heavy atom. The minimum absolute atomic E-state index is 0.111. The van der Waals surface area contributed by atoms with Gasteiger partial charge in [-0.3, -0.25) is 4.79 Å². The minimum Gasteiger partial charge on any atom is -0.481 e. The summed E-state index contributed by atoms with van der Waals surface area (Å²) in [5.74, 6) is -1.54. The summed E-state index contributed by atoms with van der Waals surface area (Å²) in [5, 5.41) is 17.1. The molecule has 118 valence electrons. The summed E-state index contributed by atoms with van der Waals surface area (Å²) in [7, 11) is 0. The van der Waals surface area contributed by atoms with Crippen LogP contribution in [0.2, 0.25) is 0 Å². The molecule has 0 radical (unpaired) electrons. The van der Waals surface area contributed by atoms with E-state index in [1.807, 2.05) is 20.8 Å². The maximum Gasteiger partial charge on any atom is 0.331 e. The number of carboxylic acids is 2. The van der Waals surface area contributed by atoms with Crippen LogP contribution in [0.15, 0.2) is 11.6 Å². The summed E-state index contributed by atoms with van der Waals surface area (Å²) in [4.78, 5) is 20.8. The Hall–Kier alpha value is -1.32. The van der Waals surface area contributed by atoms with E-state index in [0.29, 0.717) is 12.0 Å². The summed E-state index contributed by atoms with van der Waals surface area (Å²) in [6.45, 7) is 7.89. The van der Waals surface area contributed by atoms with Gasteiger partial charge in [-0.15, -0.1) is 0 Å². The number of carboxylic acid groups (broad SMARTS) is 2. The molecular formula is C16H30O4. The van der Waals surface area contributed by atoms with Crippen LogP contribution in [0.25, 0.3) is 0 Å². The highest BCUT2D eigenvalue weighted by molar-refractivity contribution is 5.86. The van der Waals surface area contributed by atoms with Gasteiger partial charge in [0, 0.05) is 5.57 Å². The van der Waals surface area contributed by atoms with Gasteiger partial charge in [-0.2, -0.15) is 0 Å². The molecule has 1 atom stereocenters. The van der Waals surface area contributed by atoms with E-state index < -0.39 is 11.9 Å². The molecule has 20 heavy (non-hydrogen) atoms. The first-order valence-corrected chi connectivity index (χ1v) is 7.59. The standard InChI is InChI=1S/C8H16O2.C8H14O2/c2*1-3-5-6-7(4-2)8(9)10/h7H,3-6H2,1-2H3,(H,9,10);6H,3-5H2,1-2H3,(H,9,10). The van der Waals surface area contributed by atoms with E-state index in [9.17, 15) is 9.59 Å². The first-order valence-electron chi connectivity index (χ1n) is 7.59. The Labute approximate surface area is 122 Å². The van der Waals surface area contributed by atoms with Crippen LogP contribution in [-0.4, -0.2) is 22.2 Å². The molecule has 0 aliphatic carbocycles. The predicted molar refractivity (Wildman–Crippen MR) is 81.9 cm³/mol.